The van der Waals surface area contributed by atoms with Crippen molar-refractivity contribution in [3.63, 3.8) is 0 Å². The normalized spacial score (nSPS) is 19.3. The lowest BCUT2D eigenvalue weighted by Crippen LogP contribution is -2.32. The van der Waals surface area contributed by atoms with Crippen LogP contribution in [-0.2, 0) is 0 Å². The first-order valence-electron chi connectivity index (χ1n) is 8.73. The van der Waals surface area contributed by atoms with Crippen LogP contribution in [0.5, 0.6) is 5.75 Å². The summed E-state index contributed by atoms with van der Waals surface area (Å²) in [6.45, 7) is 0.995. The summed E-state index contributed by atoms with van der Waals surface area (Å²) in [7, 11) is 1.58. The van der Waals surface area contributed by atoms with E-state index >= 15 is 0 Å². The second-order valence-corrected chi connectivity index (χ2v) is 6.55. The Morgan fingerprint density at radius 3 is 2.78 bits per heavy atom. The molecule has 1 aliphatic heterocycles. The molecule has 2 atom stereocenters. The number of ether oxygens (including phenoxy) is 1. The molecule has 0 spiro atoms. The molecule has 2 heterocycles. The minimum atomic E-state index is -0.276. The number of methoxy groups -OCH3 is 1. The van der Waals surface area contributed by atoms with E-state index in [2.05, 4.69) is 10.1 Å². The van der Waals surface area contributed by atoms with Gasteiger partial charge in [0.2, 0.25) is 0 Å². The zero-order valence-corrected chi connectivity index (χ0v) is 14.9. The van der Waals surface area contributed by atoms with Crippen LogP contribution in [0.2, 0.25) is 0 Å². The van der Waals surface area contributed by atoms with Gasteiger partial charge < -0.3 is 19.9 Å². The molecule has 0 aliphatic carbocycles. The first kappa shape index (κ1) is 17.2. The molecule has 0 radical (unpaired) electrons. The third-order valence-corrected chi connectivity index (χ3v) is 4.81. The molecule has 1 amide bonds. The van der Waals surface area contributed by atoms with Gasteiger partial charge in [0.1, 0.15) is 5.75 Å². The number of rotatable bonds is 4. The molecular weight excluding hydrogens is 344 g/mol. The number of amides is 1. The average Bonchev–Trinajstić information content (AvgIpc) is 3.35. The number of carbonyl (C=O) groups is 1. The van der Waals surface area contributed by atoms with Crippen LogP contribution in [0, 0.1) is 0 Å². The molecular formula is C20H20N4O3. The molecule has 0 unspecified atom stereocenters. The van der Waals surface area contributed by atoms with Crippen LogP contribution < -0.4 is 10.5 Å². The highest BCUT2D eigenvalue weighted by Gasteiger charge is 2.35. The maximum Gasteiger partial charge on any atom is 0.295 e. The van der Waals surface area contributed by atoms with Crippen LogP contribution >= 0.6 is 0 Å². The van der Waals surface area contributed by atoms with Crippen molar-refractivity contribution >= 4 is 5.91 Å². The third kappa shape index (κ3) is 3.41. The Bertz CT molecular complexity index is 941. The van der Waals surface area contributed by atoms with Gasteiger partial charge in [-0.2, -0.15) is 4.98 Å². The first-order chi connectivity index (χ1) is 13.2. The molecule has 2 N–H and O–H groups in total. The second kappa shape index (κ2) is 7.20. The van der Waals surface area contributed by atoms with Crippen molar-refractivity contribution in [2.45, 2.75) is 12.0 Å². The molecule has 27 heavy (non-hydrogen) atoms. The van der Waals surface area contributed by atoms with Crippen molar-refractivity contribution in [1.82, 2.24) is 15.0 Å². The molecule has 7 nitrogen and oxygen atoms in total. The largest absolute Gasteiger partial charge is 0.497 e. The van der Waals surface area contributed by atoms with Crippen molar-refractivity contribution in [1.29, 1.82) is 0 Å². The van der Waals surface area contributed by atoms with Crippen LogP contribution in [0.3, 0.4) is 0 Å². The number of benzene rings is 2. The number of likely N-dealkylation sites (tertiary alicyclic amines) is 1. The third-order valence-electron chi connectivity index (χ3n) is 4.81. The first-order valence-corrected chi connectivity index (χ1v) is 8.73. The van der Waals surface area contributed by atoms with Gasteiger partial charge in [0, 0.05) is 30.6 Å². The van der Waals surface area contributed by atoms with E-state index in [4.69, 9.17) is 15.0 Å². The Balaban J connectivity index is 1.51. The van der Waals surface area contributed by atoms with Crippen molar-refractivity contribution in [2.24, 2.45) is 5.73 Å². The van der Waals surface area contributed by atoms with Gasteiger partial charge in [-0.05, 0) is 23.8 Å². The van der Waals surface area contributed by atoms with Gasteiger partial charge >= 0.3 is 0 Å². The van der Waals surface area contributed by atoms with E-state index in [0.717, 1.165) is 5.56 Å². The van der Waals surface area contributed by atoms with Gasteiger partial charge in [-0.3, -0.25) is 4.79 Å². The smallest absolute Gasteiger partial charge is 0.295 e. The molecule has 138 valence electrons. The zero-order chi connectivity index (χ0) is 18.8. The predicted octanol–water partition coefficient (Wildman–Crippen LogP) is 2.31. The fourth-order valence-corrected chi connectivity index (χ4v) is 3.37. The van der Waals surface area contributed by atoms with Gasteiger partial charge in [0.15, 0.2) is 0 Å². The van der Waals surface area contributed by atoms with Crippen LogP contribution in [0.15, 0.2) is 59.1 Å². The van der Waals surface area contributed by atoms with Crippen molar-refractivity contribution in [3.05, 3.63) is 66.0 Å². The van der Waals surface area contributed by atoms with Crippen molar-refractivity contribution < 1.29 is 14.1 Å². The molecule has 1 saturated heterocycles. The van der Waals surface area contributed by atoms with E-state index in [0.29, 0.717) is 24.4 Å². The van der Waals surface area contributed by atoms with Crippen LogP contribution in [0.4, 0.5) is 0 Å². The summed E-state index contributed by atoms with van der Waals surface area (Å²) < 4.78 is 10.5. The standard InChI is InChI=1S/C20H20N4O3/c1-26-15-9-5-8-14(10-15)19-22-18(23-27-19)20(25)24-11-16(17(21)12-24)13-6-3-2-4-7-13/h2-10,16-17H,11-12,21H2,1H3/t16-,17+/m0/s1. The van der Waals surface area contributed by atoms with Gasteiger partial charge in [-0.1, -0.05) is 41.6 Å². The highest BCUT2D eigenvalue weighted by atomic mass is 16.5. The summed E-state index contributed by atoms with van der Waals surface area (Å²) in [4.78, 5) is 18.7. The van der Waals surface area contributed by atoms with Gasteiger partial charge in [0.25, 0.3) is 17.6 Å². The quantitative estimate of drug-likeness (QED) is 0.763. The maximum atomic E-state index is 12.8. The Hall–Kier alpha value is -3.19. The van der Waals surface area contributed by atoms with E-state index in [1.54, 1.807) is 18.1 Å². The van der Waals surface area contributed by atoms with Gasteiger partial charge in [-0.25, -0.2) is 0 Å². The maximum absolute atomic E-state index is 12.8. The van der Waals surface area contributed by atoms with Crippen LogP contribution in [0.25, 0.3) is 11.5 Å². The number of nitrogens with two attached hydrogens (primary N) is 1. The molecule has 4 rings (SSSR count). The van der Waals surface area contributed by atoms with E-state index in [1.165, 1.54) is 0 Å². The Kier molecular flexibility index (Phi) is 4.60. The van der Waals surface area contributed by atoms with E-state index < -0.39 is 0 Å². The Labute approximate surface area is 156 Å². The number of hydrogen-bond donors (Lipinski definition) is 1. The predicted molar refractivity (Wildman–Crippen MR) is 99.3 cm³/mol. The summed E-state index contributed by atoms with van der Waals surface area (Å²) in [6, 6.07) is 17.1. The molecule has 1 fully saturated rings. The summed E-state index contributed by atoms with van der Waals surface area (Å²) in [5.41, 5.74) is 8.10. The van der Waals surface area contributed by atoms with Gasteiger partial charge in [-0.15, -0.1) is 0 Å². The number of nitrogens with zero attached hydrogens (tertiary/aromatic N) is 3. The summed E-state index contributed by atoms with van der Waals surface area (Å²) in [5.74, 6) is 0.811. The number of carbonyl (C=O) groups excluding carboxylic acids is 1. The van der Waals surface area contributed by atoms with E-state index in [1.807, 2.05) is 48.5 Å². The fourth-order valence-electron chi connectivity index (χ4n) is 3.37. The molecule has 1 aliphatic rings. The molecule has 1 aromatic heterocycles. The SMILES string of the molecule is COc1cccc(-c2nc(C(=O)N3C[C@@H](N)[C@H](c4ccccc4)C3)no2)c1. The summed E-state index contributed by atoms with van der Waals surface area (Å²) in [6.07, 6.45) is 0. The highest BCUT2D eigenvalue weighted by molar-refractivity contribution is 5.91. The lowest BCUT2D eigenvalue weighted by Gasteiger charge is -2.14. The lowest BCUT2D eigenvalue weighted by molar-refractivity contribution is 0.0774. The molecule has 3 aromatic rings. The minimum absolute atomic E-state index is 0.0359. The molecule has 0 saturated carbocycles. The fraction of sp³-hybridized carbons (Fsp3) is 0.250. The second-order valence-electron chi connectivity index (χ2n) is 6.55. The van der Waals surface area contributed by atoms with Crippen molar-refractivity contribution in [2.75, 3.05) is 20.2 Å². The Morgan fingerprint density at radius 2 is 2.00 bits per heavy atom. The zero-order valence-electron chi connectivity index (χ0n) is 14.9. The summed E-state index contributed by atoms with van der Waals surface area (Å²) >= 11 is 0. The van der Waals surface area contributed by atoms with Crippen molar-refractivity contribution in [3.8, 4) is 17.2 Å². The molecule has 0 bridgehead atoms. The van der Waals surface area contributed by atoms with E-state index in [9.17, 15) is 4.79 Å². The summed E-state index contributed by atoms with van der Waals surface area (Å²) in [5, 5.41) is 3.86. The van der Waals surface area contributed by atoms with Gasteiger partial charge in [0.05, 0.1) is 7.11 Å². The van der Waals surface area contributed by atoms with Crippen LogP contribution in [0.1, 0.15) is 22.1 Å². The Morgan fingerprint density at radius 1 is 1.19 bits per heavy atom. The molecule has 7 heteroatoms. The van der Waals surface area contributed by atoms with Crippen LogP contribution in [-0.4, -0.2) is 47.2 Å². The number of aromatic nitrogens is 2. The topological polar surface area (TPSA) is 94.5 Å². The monoisotopic (exact) mass is 364 g/mol. The lowest BCUT2D eigenvalue weighted by atomic mass is 9.95. The highest BCUT2D eigenvalue weighted by Crippen LogP contribution is 2.28. The minimum Gasteiger partial charge on any atom is -0.497 e. The average molecular weight is 364 g/mol. The van der Waals surface area contributed by atoms with E-state index in [-0.39, 0.29) is 29.6 Å². The number of hydrogen-bond acceptors (Lipinski definition) is 6. The molecule has 2 aromatic carbocycles.